The number of nitrogens with one attached hydrogen (secondary N) is 2. The Kier molecular flexibility index (Phi) is 3.51. The molecule has 0 saturated heterocycles. The van der Waals surface area contributed by atoms with Crippen molar-refractivity contribution in [2.24, 2.45) is 0 Å². The second kappa shape index (κ2) is 5.48. The summed E-state index contributed by atoms with van der Waals surface area (Å²) in [6, 6.07) is 13.0. The van der Waals surface area contributed by atoms with Gasteiger partial charge in [0.25, 0.3) is 5.91 Å². The summed E-state index contributed by atoms with van der Waals surface area (Å²) in [5, 5.41) is 3.27. The molecule has 0 aliphatic rings. The molecule has 0 saturated carbocycles. The van der Waals surface area contributed by atoms with E-state index in [2.05, 4.69) is 10.3 Å². The Morgan fingerprint density at radius 2 is 1.68 bits per heavy atom. The van der Waals surface area contributed by atoms with E-state index in [0.717, 1.165) is 16.6 Å². The minimum atomic E-state index is -0.409. The van der Waals surface area contributed by atoms with Gasteiger partial charge >= 0.3 is 0 Å². The Hall–Kier alpha value is -2.88. The highest BCUT2D eigenvalue weighted by Gasteiger charge is 2.13. The summed E-state index contributed by atoms with van der Waals surface area (Å²) in [5.41, 5.74) is 3.33. The van der Waals surface area contributed by atoms with Crippen molar-refractivity contribution in [2.45, 2.75) is 13.8 Å². The minimum absolute atomic E-state index is 0.110. The average Bonchev–Trinajstić information content (AvgIpc) is 2.50. The molecule has 1 aromatic heterocycles. The Balaban J connectivity index is 1.99. The lowest BCUT2D eigenvalue weighted by Gasteiger charge is -2.06. The van der Waals surface area contributed by atoms with Gasteiger partial charge in [0, 0.05) is 22.8 Å². The lowest BCUT2D eigenvalue weighted by atomic mass is 10.1. The fourth-order valence-electron chi connectivity index (χ4n) is 2.34. The molecule has 3 rings (SSSR count). The predicted octanol–water partition coefficient (Wildman–Crippen LogP) is 3.40. The third-order valence-corrected chi connectivity index (χ3v) is 3.59. The van der Waals surface area contributed by atoms with Gasteiger partial charge in [0.05, 0.1) is 0 Å². The van der Waals surface area contributed by atoms with E-state index < -0.39 is 5.91 Å². The van der Waals surface area contributed by atoms with E-state index in [0.29, 0.717) is 11.1 Å². The average molecular weight is 292 g/mol. The SMILES string of the molecule is Cc1ccc(NC(=O)c2c[nH]c3ccc(C)cc3c2=O)cc1. The van der Waals surface area contributed by atoms with Crippen LogP contribution in [0.15, 0.2) is 53.5 Å². The highest BCUT2D eigenvalue weighted by atomic mass is 16.2. The third-order valence-electron chi connectivity index (χ3n) is 3.59. The van der Waals surface area contributed by atoms with Crippen molar-refractivity contribution in [3.8, 4) is 0 Å². The summed E-state index contributed by atoms with van der Waals surface area (Å²) in [5.74, 6) is -0.409. The van der Waals surface area contributed by atoms with Gasteiger partial charge in [0.1, 0.15) is 5.56 Å². The maximum atomic E-state index is 12.5. The van der Waals surface area contributed by atoms with Crippen molar-refractivity contribution in [3.05, 3.63) is 75.6 Å². The van der Waals surface area contributed by atoms with Crippen LogP contribution in [-0.2, 0) is 0 Å². The van der Waals surface area contributed by atoms with E-state index in [9.17, 15) is 9.59 Å². The standard InChI is InChI=1S/C18H16N2O2/c1-11-3-6-13(7-4-11)20-18(22)15-10-19-16-8-5-12(2)9-14(16)17(15)21/h3-10H,1-2H3,(H,19,21)(H,20,22). The van der Waals surface area contributed by atoms with Crippen molar-refractivity contribution in [3.63, 3.8) is 0 Å². The van der Waals surface area contributed by atoms with Crippen LogP contribution in [0.1, 0.15) is 21.5 Å². The Labute approximate surface area is 127 Å². The zero-order chi connectivity index (χ0) is 15.7. The van der Waals surface area contributed by atoms with Gasteiger partial charge in [-0.05, 0) is 38.1 Å². The summed E-state index contributed by atoms with van der Waals surface area (Å²) in [6.45, 7) is 3.89. The molecule has 4 heteroatoms. The molecular weight excluding hydrogens is 276 g/mol. The maximum absolute atomic E-state index is 12.5. The number of benzene rings is 2. The summed E-state index contributed by atoms with van der Waals surface area (Å²) in [6.07, 6.45) is 1.46. The minimum Gasteiger partial charge on any atom is -0.360 e. The number of anilines is 1. The van der Waals surface area contributed by atoms with Gasteiger partial charge in [-0.25, -0.2) is 0 Å². The van der Waals surface area contributed by atoms with Crippen LogP contribution >= 0.6 is 0 Å². The second-order valence-electron chi connectivity index (χ2n) is 5.40. The van der Waals surface area contributed by atoms with Crippen LogP contribution in [0.25, 0.3) is 10.9 Å². The summed E-state index contributed by atoms with van der Waals surface area (Å²) in [7, 11) is 0. The molecule has 0 radical (unpaired) electrons. The van der Waals surface area contributed by atoms with E-state index in [-0.39, 0.29) is 11.0 Å². The molecule has 1 amide bonds. The fourth-order valence-corrected chi connectivity index (χ4v) is 2.34. The smallest absolute Gasteiger partial charge is 0.261 e. The number of fused-ring (bicyclic) bond motifs is 1. The summed E-state index contributed by atoms with van der Waals surface area (Å²) >= 11 is 0. The number of pyridine rings is 1. The number of amides is 1. The highest BCUT2D eigenvalue weighted by Crippen LogP contribution is 2.13. The van der Waals surface area contributed by atoms with Gasteiger partial charge in [-0.3, -0.25) is 9.59 Å². The molecule has 110 valence electrons. The first-order valence-electron chi connectivity index (χ1n) is 7.04. The van der Waals surface area contributed by atoms with Crippen molar-refractivity contribution < 1.29 is 4.79 Å². The molecule has 3 aromatic rings. The summed E-state index contributed by atoms with van der Waals surface area (Å²) in [4.78, 5) is 27.8. The second-order valence-corrected chi connectivity index (χ2v) is 5.40. The van der Waals surface area contributed by atoms with Crippen molar-refractivity contribution in [1.29, 1.82) is 0 Å². The van der Waals surface area contributed by atoms with Gasteiger partial charge in [0.2, 0.25) is 5.43 Å². The molecule has 1 heterocycles. The lowest BCUT2D eigenvalue weighted by molar-refractivity contribution is 0.102. The van der Waals surface area contributed by atoms with Crippen molar-refractivity contribution in [2.75, 3.05) is 5.32 Å². The van der Waals surface area contributed by atoms with E-state index in [1.807, 2.05) is 50.2 Å². The van der Waals surface area contributed by atoms with Crippen LogP contribution in [0.2, 0.25) is 0 Å². The molecule has 4 nitrogen and oxygen atoms in total. The molecule has 2 aromatic carbocycles. The number of aromatic nitrogens is 1. The summed E-state index contributed by atoms with van der Waals surface area (Å²) < 4.78 is 0. The molecule has 0 bridgehead atoms. The number of carbonyl (C=O) groups excluding carboxylic acids is 1. The highest BCUT2D eigenvalue weighted by molar-refractivity contribution is 6.05. The van der Waals surface area contributed by atoms with Crippen LogP contribution in [0, 0.1) is 13.8 Å². The van der Waals surface area contributed by atoms with Crippen LogP contribution in [0.3, 0.4) is 0 Å². The van der Waals surface area contributed by atoms with E-state index >= 15 is 0 Å². The van der Waals surface area contributed by atoms with Gasteiger partial charge in [-0.1, -0.05) is 29.3 Å². The molecule has 0 aliphatic heterocycles. The Morgan fingerprint density at radius 3 is 2.41 bits per heavy atom. The molecule has 2 N–H and O–H groups in total. The number of H-pyrrole nitrogens is 1. The molecule has 22 heavy (non-hydrogen) atoms. The third kappa shape index (κ3) is 2.63. The van der Waals surface area contributed by atoms with Gasteiger partial charge in [-0.15, -0.1) is 0 Å². The monoisotopic (exact) mass is 292 g/mol. The van der Waals surface area contributed by atoms with Crippen LogP contribution in [0.4, 0.5) is 5.69 Å². The molecule has 0 aliphatic carbocycles. The van der Waals surface area contributed by atoms with Crippen molar-refractivity contribution in [1.82, 2.24) is 4.98 Å². The lowest BCUT2D eigenvalue weighted by Crippen LogP contribution is -2.22. The number of hydrogen-bond acceptors (Lipinski definition) is 2. The predicted molar refractivity (Wildman–Crippen MR) is 88.4 cm³/mol. The normalized spacial score (nSPS) is 10.6. The molecule has 0 spiro atoms. The van der Waals surface area contributed by atoms with Crippen LogP contribution in [0.5, 0.6) is 0 Å². The van der Waals surface area contributed by atoms with E-state index in [4.69, 9.17) is 0 Å². The molecule has 0 unspecified atom stereocenters. The largest absolute Gasteiger partial charge is 0.360 e. The number of carbonyl (C=O) groups is 1. The fraction of sp³-hybridized carbons (Fsp3) is 0.111. The molecule has 0 atom stereocenters. The molecule has 0 fully saturated rings. The Bertz CT molecular complexity index is 909. The zero-order valence-electron chi connectivity index (χ0n) is 12.4. The Morgan fingerprint density at radius 1 is 1.00 bits per heavy atom. The number of hydrogen-bond donors (Lipinski definition) is 2. The van der Waals surface area contributed by atoms with E-state index in [1.165, 1.54) is 6.20 Å². The van der Waals surface area contributed by atoms with Gasteiger partial charge < -0.3 is 10.3 Å². The topological polar surface area (TPSA) is 62.0 Å². The van der Waals surface area contributed by atoms with Crippen molar-refractivity contribution >= 4 is 22.5 Å². The first-order chi connectivity index (χ1) is 10.5. The first kappa shape index (κ1) is 14.1. The zero-order valence-corrected chi connectivity index (χ0v) is 12.4. The number of aromatic amines is 1. The van der Waals surface area contributed by atoms with Crippen LogP contribution in [-0.4, -0.2) is 10.9 Å². The quantitative estimate of drug-likeness (QED) is 0.760. The number of aryl methyl sites for hydroxylation is 2. The first-order valence-corrected chi connectivity index (χ1v) is 7.04. The maximum Gasteiger partial charge on any atom is 0.261 e. The van der Waals surface area contributed by atoms with Crippen LogP contribution < -0.4 is 10.7 Å². The van der Waals surface area contributed by atoms with E-state index in [1.54, 1.807) is 6.07 Å². The molecular formula is C18H16N2O2. The van der Waals surface area contributed by atoms with Gasteiger partial charge in [0.15, 0.2) is 0 Å². The van der Waals surface area contributed by atoms with Gasteiger partial charge in [-0.2, -0.15) is 0 Å². The number of rotatable bonds is 2.